The lowest BCUT2D eigenvalue weighted by atomic mass is 9.96. The average Bonchev–Trinajstić information content (AvgIpc) is 1.77. The Bertz CT molecular complexity index is 3510. The van der Waals surface area contributed by atoms with Crippen LogP contribution in [0.4, 0.5) is 0 Å². The molecule has 4 rings (SSSR count). The number of nitrogens with zero attached hydrogens (tertiary/aromatic N) is 2. The van der Waals surface area contributed by atoms with Crippen LogP contribution in [0, 0.1) is 11.8 Å². The van der Waals surface area contributed by atoms with E-state index in [1.807, 2.05) is 6.07 Å². The van der Waals surface area contributed by atoms with Crippen LogP contribution in [-0.2, 0) is 76.8 Å². The molecule has 0 bridgehead atoms. The molecule has 0 aliphatic carbocycles. The zero-order chi connectivity index (χ0) is 74.9. The zero-order valence-corrected chi connectivity index (χ0v) is 57.3. The van der Waals surface area contributed by atoms with Crippen LogP contribution in [0.2, 0.25) is 0 Å². The fraction of sp³-hybridized carbons (Fsp3) is 0.493. The Morgan fingerprint density at radius 2 is 0.931 bits per heavy atom. The predicted octanol–water partition coefficient (Wildman–Crippen LogP) is -3.24. The lowest BCUT2D eigenvalue weighted by Crippen LogP contribution is -2.62. The van der Waals surface area contributed by atoms with Crippen LogP contribution in [-0.4, -0.2) is 178 Å². The van der Waals surface area contributed by atoms with E-state index in [0.29, 0.717) is 17.5 Å². The number of benzene rings is 3. The van der Waals surface area contributed by atoms with Crippen molar-refractivity contribution in [1.82, 2.24) is 52.8 Å². The number of rotatable bonds is 45. The molecule has 34 nitrogen and oxygen atoms in total. The number of carboxylic acids is 1. The molecule has 1 heterocycles. The number of para-hydroxylation sites is 1. The molecule has 0 unspecified atom stereocenters. The molecule has 0 radical (unpaired) electrons. The lowest BCUT2D eigenvalue weighted by Gasteiger charge is -2.30. The molecule has 0 aliphatic rings. The van der Waals surface area contributed by atoms with Crippen molar-refractivity contribution in [3.8, 4) is 5.75 Å². The highest BCUT2D eigenvalue weighted by molar-refractivity contribution is 6.00. The van der Waals surface area contributed by atoms with E-state index in [1.165, 1.54) is 24.3 Å². The van der Waals surface area contributed by atoms with Crippen molar-refractivity contribution in [2.24, 2.45) is 67.7 Å². The fourth-order valence-corrected chi connectivity index (χ4v) is 10.7. The van der Waals surface area contributed by atoms with Crippen LogP contribution in [0.1, 0.15) is 115 Å². The summed E-state index contributed by atoms with van der Waals surface area (Å²) in [6, 6.07) is 6.88. The van der Waals surface area contributed by atoms with Gasteiger partial charge in [0.25, 0.3) is 0 Å². The van der Waals surface area contributed by atoms with Gasteiger partial charge in [0.05, 0.1) is 12.5 Å². The first-order valence-electron chi connectivity index (χ1n) is 33.4. The number of nitrogens with one attached hydrogen (secondary N) is 10. The topological polar surface area (TPSA) is 602 Å². The number of aromatic nitrogens is 1. The van der Waals surface area contributed by atoms with Gasteiger partial charge < -0.3 is 109 Å². The minimum absolute atomic E-state index is 0.00743. The summed E-state index contributed by atoms with van der Waals surface area (Å²) in [6.07, 6.45) is 0.292. The number of phenolic OH excluding ortho intramolecular Hbond substituents is 1. The molecular formula is C67H100N20O14. The predicted molar refractivity (Wildman–Crippen MR) is 376 cm³/mol. The summed E-state index contributed by atoms with van der Waals surface area (Å²) in [5.41, 5.74) is 47.8. The number of carbonyl (C=O) groups excluding carboxylic acids is 11. The molecule has 0 saturated heterocycles. The molecule has 11 amide bonds. The van der Waals surface area contributed by atoms with E-state index in [0.717, 1.165) is 16.5 Å². The van der Waals surface area contributed by atoms with Gasteiger partial charge in [-0.1, -0.05) is 94.8 Å². The molecule has 28 N–H and O–H groups in total. The first-order valence-corrected chi connectivity index (χ1v) is 33.4. The Kier molecular flexibility index (Phi) is 34.4. The highest BCUT2D eigenvalue weighted by Crippen LogP contribution is 2.21. The molecule has 11 atom stereocenters. The summed E-state index contributed by atoms with van der Waals surface area (Å²) < 4.78 is 0. The number of nitrogens with two attached hydrogens (primary N) is 8. The molecular weight excluding hydrogens is 1310 g/mol. The summed E-state index contributed by atoms with van der Waals surface area (Å²) in [5, 5.41) is 44.1. The summed E-state index contributed by atoms with van der Waals surface area (Å²) in [7, 11) is 0. The highest BCUT2D eigenvalue weighted by Gasteiger charge is 2.38. The van der Waals surface area contributed by atoms with Crippen molar-refractivity contribution in [2.45, 2.75) is 178 Å². The average molecular weight is 1410 g/mol. The van der Waals surface area contributed by atoms with Crippen LogP contribution in [0.15, 0.2) is 95.0 Å². The SMILES string of the molecule is CC[C@H](C)[C@H](NC(=O)[C@H](CC(N)=O)NC(=O)[C@H](CCCN=C(N)N)NC(=O)[C@H](CCC(N)=O)NC(=O)[C@H](Cc1c[nH]c2ccccc12)NC(=O)[C@@H](N)Cc1ccccc1)C(=O)N[C@@H](Cc1ccc(O)cc1)C(=O)N[C@@H](CCCCN)C(=O)N[C@H](C(=O)N[C@@H](CCCN=C(N)N)C(=O)O)C(C)C. The number of amides is 11. The van der Waals surface area contributed by atoms with Crippen molar-refractivity contribution in [3.63, 3.8) is 0 Å². The number of carboxylic acid groups (broad SMARTS) is 1. The number of H-pyrrole nitrogens is 1. The number of guanidine groups is 2. The largest absolute Gasteiger partial charge is 0.508 e. The van der Waals surface area contributed by atoms with Gasteiger partial charge in [0.15, 0.2) is 11.9 Å². The highest BCUT2D eigenvalue weighted by atomic mass is 16.4. The van der Waals surface area contributed by atoms with Crippen molar-refractivity contribution < 1.29 is 67.7 Å². The zero-order valence-electron chi connectivity index (χ0n) is 57.3. The van der Waals surface area contributed by atoms with Gasteiger partial charge in [0.1, 0.15) is 60.1 Å². The second-order valence-corrected chi connectivity index (χ2v) is 25.0. The molecule has 0 saturated carbocycles. The summed E-state index contributed by atoms with van der Waals surface area (Å²) >= 11 is 0. The third-order valence-electron chi connectivity index (χ3n) is 16.5. The molecule has 0 aliphatic heterocycles. The minimum atomic E-state index is -1.87. The molecule has 1 aromatic heterocycles. The van der Waals surface area contributed by atoms with Gasteiger partial charge in [0.2, 0.25) is 65.0 Å². The summed E-state index contributed by atoms with van der Waals surface area (Å²) in [5.74, 6) is -13.8. The van der Waals surface area contributed by atoms with Crippen LogP contribution >= 0.6 is 0 Å². The number of hydrogen-bond donors (Lipinski definition) is 20. The number of hydrogen-bond acceptors (Lipinski definition) is 17. The van der Waals surface area contributed by atoms with Gasteiger partial charge in [-0.3, -0.25) is 62.7 Å². The van der Waals surface area contributed by atoms with Gasteiger partial charge >= 0.3 is 5.97 Å². The number of phenols is 1. The van der Waals surface area contributed by atoms with Crippen LogP contribution in [0.3, 0.4) is 0 Å². The Balaban J connectivity index is 1.65. The Hall–Kier alpha value is -10.9. The van der Waals surface area contributed by atoms with Crippen molar-refractivity contribution in [3.05, 3.63) is 102 Å². The van der Waals surface area contributed by atoms with Gasteiger partial charge in [0, 0.05) is 49.5 Å². The quantitative estimate of drug-likeness (QED) is 0.0117. The Morgan fingerprint density at radius 1 is 0.475 bits per heavy atom. The van der Waals surface area contributed by atoms with E-state index in [4.69, 9.17) is 45.9 Å². The number of primary amides is 2. The van der Waals surface area contributed by atoms with E-state index >= 15 is 0 Å². The van der Waals surface area contributed by atoms with E-state index in [1.54, 1.807) is 82.4 Å². The normalized spacial score (nSPS) is 14.4. The molecule has 3 aromatic carbocycles. The van der Waals surface area contributed by atoms with Crippen molar-refractivity contribution in [2.75, 3.05) is 19.6 Å². The number of aliphatic imine (C=N–C) groups is 2. The van der Waals surface area contributed by atoms with E-state index in [-0.39, 0.29) is 102 Å². The standard InChI is InChI=1S/C67H100N20O14/c1-5-37(4)55(64(99)85-49(32-39-22-24-41(88)25-23-39)60(95)80-45(19-11-12-28-68)59(94)86-54(36(2)3)63(98)82-48(65(100)101)21-14-30-77-67(74)75)87-62(97)51(34-53(71)90)84-57(92)46(20-13-29-76-66(72)73)79-58(93)47(26-27-52(70)89)81-61(96)50(33-40-35-78-44-18-10-9-17-42(40)44)83-56(91)43(69)31-38-15-7-6-8-16-38/h6-10,15-18,22-25,35-37,43,45-51,54-55,78,88H,5,11-14,19-21,26-34,68-69H2,1-4H3,(H2,70,89)(H2,71,90)(H,79,93)(H,80,95)(H,81,96)(H,82,98)(H,83,91)(H,84,92)(H,85,99)(H,86,94)(H,87,97)(H,100,101)(H4,72,73,76)(H4,74,75,77)/t37-,43-,45-,46-,47-,48-,49-,50-,51-,54-,55-/m0/s1. The molecule has 0 spiro atoms. The maximum atomic E-state index is 14.8. The number of unbranched alkanes of at least 4 members (excludes halogenated alkanes) is 1. The summed E-state index contributed by atoms with van der Waals surface area (Å²) in [6.45, 7) is 6.68. The second kappa shape index (κ2) is 42.1. The van der Waals surface area contributed by atoms with Gasteiger partial charge in [-0.05, 0) is 111 Å². The first kappa shape index (κ1) is 82.5. The van der Waals surface area contributed by atoms with Crippen LogP contribution in [0.25, 0.3) is 10.9 Å². The Labute approximate surface area is 585 Å². The fourth-order valence-electron chi connectivity index (χ4n) is 10.7. The van der Waals surface area contributed by atoms with Crippen LogP contribution in [0.5, 0.6) is 5.75 Å². The Morgan fingerprint density at radius 3 is 1.48 bits per heavy atom. The summed E-state index contributed by atoms with van der Waals surface area (Å²) in [4.78, 5) is 178. The number of aromatic amines is 1. The molecule has 34 heteroatoms. The van der Waals surface area contributed by atoms with Gasteiger partial charge in [-0.15, -0.1) is 0 Å². The second-order valence-electron chi connectivity index (χ2n) is 25.0. The third kappa shape index (κ3) is 28.8. The van der Waals surface area contributed by atoms with Gasteiger partial charge in [-0.25, -0.2) is 4.79 Å². The van der Waals surface area contributed by atoms with Gasteiger partial charge in [-0.2, -0.15) is 0 Å². The molecule has 552 valence electrons. The molecule has 4 aromatic rings. The van der Waals surface area contributed by atoms with Crippen LogP contribution < -0.4 is 93.7 Å². The smallest absolute Gasteiger partial charge is 0.326 e. The first-order chi connectivity index (χ1) is 47.9. The number of aromatic hydroxyl groups is 1. The van der Waals surface area contributed by atoms with E-state index < -0.39 is 162 Å². The maximum absolute atomic E-state index is 14.8. The number of carbonyl (C=O) groups is 12. The van der Waals surface area contributed by atoms with E-state index in [9.17, 15) is 67.7 Å². The third-order valence-corrected chi connectivity index (χ3v) is 16.5. The van der Waals surface area contributed by atoms with Crippen molar-refractivity contribution >= 4 is 93.8 Å². The minimum Gasteiger partial charge on any atom is -0.508 e. The monoisotopic (exact) mass is 1410 g/mol. The maximum Gasteiger partial charge on any atom is 0.326 e. The molecule has 0 fully saturated rings. The number of aliphatic carboxylic acids is 1. The molecule has 101 heavy (non-hydrogen) atoms. The number of fused-ring (bicyclic) bond motifs is 1. The van der Waals surface area contributed by atoms with E-state index in [2.05, 4.69) is 62.8 Å². The van der Waals surface area contributed by atoms with Crippen molar-refractivity contribution in [1.29, 1.82) is 0 Å². The lowest BCUT2D eigenvalue weighted by molar-refractivity contribution is -0.143.